The lowest BCUT2D eigenvalue weighted by atomic mass is 9.91. The molecular formula is C11H17NO3. The standard InChI is InChI=1S/C11H17NO3/c1-11(2,3)10(14)12-5-4-7-6-8(12)9(13)15-7/h7-8H,4-6H2,1-3H3/t7-,8+/m1/s1. The summed E-state index contributed by atoms with van der Waals surface area (Å²) >= 11 is 0. The zero-order valence-electron chi connectivity index (χ0n) is 9.45. The molecule has 0 aliphatic carbocycles. The average Bonchev–Trinajstić information content (AvgIpc) is 2.41. The predicted octanol–water partition coefficient (Wildman–Crippen LogP) is 0.949. The zero-order valence-corrected chi connectivity index (χ0v) is 9.45. The maximum Gasteiger partial charge on any atom is 0.329 e. The minimum atomic E-state index is -0.421. The summed E-state index contributed by atoms with van der Waals surface area (Å²) in [6.07, 6.45) is 1.51. The highest BCUT2D eigenvalue weighted by Gasteiger charge is 2.46. The number of likely N-dealkylation sites (tertiary alicyclic amines) is 1. The molecule has 0 spiro atoms. The second-order valence-corrected chi connectivity index (χ2v) is 5.35. The van der Waals surface area contributed by atoms with Crippen molar-refractivity contribution in [1.82, 2.24) is 4.90 Å². The molecule has 1 amide bonds. The highest BCUT2D eigenvalue weighted by atomic mass is 16.6. The molecular weight excluding hydrogens is 194 g/mol. The summed E-state index contributed by atoms with van der Waals surface area (Å²) in [4.78, 5) is 25.2. The summed E-state index contributed by atoms with van der Waals surface area (Å²) in [5, 5.41) is 0. The number of fused-ring (bicyclic) bond motifs is 2. The van der Waals surface area contributed by atoms with Gasteiger partial charge in [0.25, 0.3) is 0 Å². The Hall–Kier alpha value is -1.06. The van der Waals surface area contributed by atoms with Crippen LogP contribution in [0, 0.1) is 5.41 Å². The summed E-state index contributed by atoms with van der Waals surface area (Å²) in [7, 11) is 0. The van der Waals surface area contributed by atoms with Crippen LogP contribution in [0.5, 0.6) is 0 Å². The van der Waals surface area contributed by atoms with E-state index in [0.717, 1.165) is 6.42 Å². The Morgan fingerprint density at radius 3 is 2.73 bits per heavy atom. The summed E-state index contributed by atoms with van der Waals surface area (Å²) in [6, 6.07) is -0.324. The average molecular weight is 211 g/mol. The van der Waals surface area contributed by atoms with E-state index < -0.39 is 5.41 Å². The Kier molecular flexibility index (Phi) is 2.24. The van der Waals surface area contributed by atoms with Gasteiger partial charge in [-0.2, -0.15) is 0 Å². The lowest BCUT2D eigenvalue weighted by Gasteiger charge is -2.34. The number of hydrogen-bond donors (Lipinski definition) is 0. The first-order valence-corrected chi connectivity index (χ1v) is 5.41. The number of piperidine rings is 1. The fourth-order valence-electron chi connectivity index (χ4n) is 2.18. The van der Waals surface area contributed by atoms with Crippen LogP contribution in [-0.2, 0) is 14.3 Å². The van der Waals surface area contributed by atoms with Crippen LogP contribution in [0.25, 0.3) is 0 Å². The van der Waals surface area contributed by atoms with E-state index in [1.54, 1.807) is 4.90 Å². The van der Waals surface area contributed by atoms with Crippen molar-refractivity contribution in [2.24, 2.45) is 5.41 Å². The van der Waals surface area contributed by atoms with Gasteiger partial charge in [0.1, 0.15) is 12.1 Å². The van der Waals surface area contributed by atoms with Crippen LogP contribution in [0.1, 0.15) is 33.6 Å². The Morgan fingerprint density at radius 2 is 2.13 bits per heavy atom. The topological polar surface area (TPSA) is 46.6 Å². The fourth-order valence-corrected chi connectivity index (χ4v) is 2.18. The number of hydrogen-bond acceptors (Lipinski definition) is 3. The molecule has 2 atom stereocenters. The van der Waals surface area contributed by atoms with Gasteiger partial charge in [0.15, 0.2) is 0 Å². The normalized spacial score (nSPS) is 30.3. The quantitative estimate of drug-likeness (QED) is 0.560. The summed E-state index contributed by atoms with van der Waals surface area (Å²) < 4.78 is 5.15. The van der Waals surface area contributed by atoms with Gasteiger partial charge in [-0.15, -0.1) is 0 Å². The Balaban J connectivity index is 2.17. The minimum Gasteiger partial charge on any atom is -0.461 e. The number of amides is 1. The van der Waals surface area contributed by atoms with Crippen LogP contribution in [-0.4, -0.2) is 35.5 Å². The third-order valence-electron chi connectivity index (χ3n) is 3.01. The second kappa shape index (κ2) is 3.22. The number of nitrogens with zero attached hydrogens (tertiary/aromatic N) is 1. The molecule has 2 rings (SSSR count). The molecule has 0 aromatic carbocycles. The smallest absolute Gasteiger partial charge is 0.329 e. The van der Waals surface area contributed by atoms with Gasteiger partial charge in [-0.1, -0.05) is 20.8 Å². The van der Waals surface area contributed by atoms with E-state index in [1.165, 1.54) is 0 Å². The van der Waals surface area contributed by atoms with E-state index in [9.17, 15) is 9.59 Å². The molecule has 15 heavy (non-hydrogen) atoms. The van der Waals surface area contributed by atoms with Gasteiger partial charge in [0.2, 0.25) is 5.91 Å². The molecule has 2 aliphatic rings. The van der Waals surface area contributed by atoms with Crippen molar-refractivity contribution in [3.05, 3.63) is 0 Å². The highest BCUT2D eigenvalue weighted by molar-refractivity contribution is 5.88. The SMILES string of the molecule is CC(C)(C)C(=O)N1CC[C@@H]2C[C@H]1C(=O)O2. The largest absolute Gasteiger partial charge is 0.461 e. The van der Waals surface area contributed by atoms with E-state index >= 15 is 0 Å². The molecule has 0 aromatic rings. The number of esters is 1. The molecule has 2 aliphatic heterocycles. The Labute approximate surface area is 89.6 Å². The second-order valence-electron chi connectivity index (χ2n) is 5.35. The zero-order chi connectivity index (χ0) is 11.2. The molecule has 0 N–H and O–H groups in total. The van der Waals surface area contributed by atoms with Gasteiger partial charge in [0.05, 0.1) is 0 Å². The third-order valence-corrected chi connectivity index (χ3v) is 3.01. The first kappa shape index (κ1) is 10.5. The van der Waals surface area contributed by atoms with Gasteiger partial charge in [0, 0.05) is 24.8 Å². The van der Waals surface area contributed by atoms with Crippen LogP contribution < -0.4 is 0 Å². The molecule has 2 saturated heterocycles. The van der Waals surface area contributed by atoms with Gasteiger partial charge in [-0.3, -0.25) is 4.79 Å². The lowest BCUT2D eigenvalue weighted by Crippen LogP contribution is -2.50. The number of rotatable bonds is 0. The third kappa shape index (κ3) is 1.73. The highest BCUT2D eigenvalue weighted by Crippen LogP contribution is 2.31. The summed E-state index contributed by atoms with van der Waals surface area (Å²) in [6.45, 7) is 6.28. The molecule has 0 aromatic heterocycles. The van der Waals surface area contributed by atoms with Gasteiger partial charge < -0.3 is 9.64 Å². The van der Waals surface area contributed by atoms with Crippen LogP contribution in [0.2, 0.25) is 0 Å². The van der Waals surface area contributed by atoms with Crippen LogP contribution in [0.4, 0.5) is 0 Å². The van der Waals surface area contributed by atoms with Gasteiger partial charge in [-0.25, -0.2) is 4.79 Å². The van der Waals surface area contributed by atoms with Crippen molar-refractivity contribution in [3.8, 4) is 0 Å². The van der Waals surface area contributed by atoms with Crippen LogP contribution in [0.3, 0.4) is 0 Å². The molecule has 2 fully saturated rings. The molecule has 0 radical (unpaired) electrons. The molecule has 0 saturated carbocycles. The molecule has 4 nitrogen and oxygen atoms in total. The maximum absolute atomic E-state index is 12.1. The van der Waals surface area contributed by atoms with E-state index in [1.807, 2.05) is 20.8 Å². The molecule has 0 unspecified atom stereocenters. The first-order chi connectivity index (χ1) is 6.89. The Morgan fingerprint density at radius 1 is 1.47 bits per heavy atom. The molecule has 2 bridgehead atoms. The van der Waals surface area contributed by atoms with Crippen molar-refractivity contribution in [3.63, 3.8) is 0 Å². The molecule has 84 valence electrons. The van der Waals surface area contributed by atoms with E-state index in [0.29, 0.717) is 13.0 Å². The van der Waals surface area contributed by atoms with E-state index in [2.05, 4.69) is 0 Å². The van der Waals surface area contributed by atoms with Gasteiger partial charge >= 0.3 is 5.97 Å². The fraction of sp³-hybridized carbons (Fsp3) is 0.818. The monoisotopic (exact) mass is 211 g/mol. The minimum absolute atomic E-state index is 0.0461. The van der Waals surface area contributed by atoms with E-state index in [4.69, 9.17) is 4.74 Å². The van der Waals surface area contributed by atoms with Gasteiger partial charge in [-0.05, 0) is 0 Å². The first-order valence-electron chi connectivity index (χ1n) is 5.41. The summed E-state index contributed by atoms with van der Waals surface area (Å²) in [5.41, 5.74) is -0.421. The molecule has 4 heteroatoms. The Bertz CT molecular complexity index is 305. The number of carbonyl (C=O) groups is 2. The number of ether oxygens (including phenoxy) is 1. The number of carbonyl (C=O) groups excluding carboxylic acids is 2. The van der Waals surface area contributed by atoms with Crippen molar-refractivity contribution in [2.45, 2.75) is 45.8 Å². The molecule has 2 heterocycles. The van der Waals surface area contributed by atoms with Crippen LogP contribution >= 0.6 is 0 Å². The van der Waals surface area contributed by atoms with Crippen molar-refractivity contribution >= 4 is 11.9 Å². The maximum atomic E-state index is 12.1. The van der Waals surface area contributed by atoms with Crippen molar-refractivity contribution in [2.75, 3.05) is 6.54 Å². The van der Waals surface area contributed by atoms with Crippen molar-refractivity contribution < 1.29 is 14.3 Å². The van der Waals surface area contributed by atoms with Crippen molar-refractivity contribution in [1.29, 1.82) is 0 Å². The van der Waals surface area contributed by atoms with E-state index in [-0.39, 0.29) is 24.0 Å². The summed E-state index contributed by atoms with van der Waals surface area (Å²) in [5.74, 6) is -0.181. The predicted molar refractivity (Wildman–Crippen MR) is 54.1 cm³/mol. The van der Waals surface area contributed by atoms with Crippen LogP contribution in [0.15, 0.2) is 0 Å². The lowest BCUT2D eigenvalue weighted by molar-refractivity contribution is -0.150.